The summed E-state index contributed by atoms with van der Waals surface area (Å²) < 4.78 is 5.50. The third-order valence-corrected chi connectivity index (χ3v) is 4.18. The first kappa shape index (κ1) is 15.1. The molecule has 0 aliphatic heterocycles. The van der Waals surface area contributed by atoms with E-state index in [0.29, 0.717) is 17.6 Å². The number of furan rings is 1. The zero-order chi connectivity index (χ0) is 14.7. The van der Waals surface area contributed by atoms with Crippen molar-refractivity contribution < 1.29 is 9.21 Å². The van der Waals surface area contributed by atoms with E-state index in [2.05, 4.69) is 6.92 Å². The van der Waals surface area contributed by atoms with Crippen LogP contribution in [-0.4, -0.2) is 29.4 Å². The van der Waals surface area contributed by atoms with E-state index in [4.69, 9.17) is 10.2 Å². The Morgan fingerprint density at radius 2 is 2.00 bits per heavy atom. The van der Waals surface area contributed by atoms with Gasteiger partial charge in [-0.05, 0) is 52.0 Å². The van der Waals surface area contributed by atoms with Crippen molar-refractivity contribution in [2.24, 2.45) is 5.73 Å². The van der Waals surface area contributed by atoms with E-state index in [1.165, 1.54) is 0 Å². The second kappa shape index (κ2) is 6.44. The molecular formula is C16H26N2O2. The quantitative estimate of drug-likeness (QED) is 0.921. The third-order valence-electron chi connectivity index (χ3n) is 4.18. The van der Waals surface area contributed by atoms with Crippen molar-refractivity contribution >= 4 is 5.91 Å². The van der Waals surface area contributed by atoms with Crippen molar-refractivity contribution in [2.75, 3.05) is 6.54 Å². The lowest BCUT2D eigenvalue weighted by Crippen LogP contribution is -2.44. The summed E-state index contributed by atoms with van der Waals surface area (Å²) in [5, 5.41) is 0. The highest BCUT2D eigenvalue weighted by Crippen LogP contribution is 2.25. The Balaban J connectivity index is 2.15. The minimum absolute atomic E-state index is 0.113. The van der Waals surface area contributed by atoms with Crippen LogP contribution >= 0.6 is 0 Å². The van der Waals surface area contributed by atoms with Gasteiger partial charge in [0.2, 0.25) is 0 Å². The van der Waals surface area contributed by atoms with Gasteiger partial charge >= 0.3 is 0 Å². The Hall–Kier alpha value is -1.29. The lowest BCUT2D eigenvalue weighted by Gasteiger charge is -2.36. The molecule has 1 aromatic rings. The van der Waals surface area contributed by atoms with Gasteiger partial charge in [0.05, 0.1) is 5.56 Å². The molecule has 0 spiro atoms. The highest BCUT2D eigenvalue weighted by Gasteiger charge is 2.29. The van der Waals surface area contributed by atoms with E-state index in [0.717, 1.165) is 50.2 Å². The molecule has 2 rings (SSSR count). The van der Waals surface area contributed by atoms with Gasteiger partial charge in [-0.25, -0.2) is 0 Å². The van der Waals surface area contributed by atoms with Crippen LogP contribution in [0.4, 0.5) is 0 Å². The van der Waals surface area contributed by atoms with E-state index in [-0.39, 0.29) is 5.91 Å². The fourth-order valence-corrected chi connectivity index (χ4v) is 3.10. The first-order chi connectivity index (χ1) is 9.52. The molecule has 0 radical (unpaired) electrons. The molecular weight excluding hydrogens is 252 g/mol. The molecule has 4 heteroatoms. The zero-order valence-electron chi connectivity index (χ0n) is 12.8. The first-order valence-corrected chi connectivity index (χ1v) is 7.66. The predicted molar refractivity (Wildman–Crippen MR) is 79.7 cm³/mol. The molecule has 1 aromatic heterocycles. The average Bonchev–Trinajstić information content (AvgIpc) is 2.75. The monoisotopic (exact) mass is 278 g/mol. The largest absolute Gasteiger partial charge is 0.466 e. The zero-order valence-corrected chi connectivity index (χ0v) is 12.8. The second-order valence-electron chi connectivity index (χ2n) is 5.89. The Bertz CT molecular complexity index is 459. The molecule has 1 amide bonds. The van der Waals surface area contributed by atoms with Crippen LogP contribution in [0.25, 0.3) is 0 Å². The minimum atomic E-state index is 0.113. The maximum atomic E-state index is 12.8. The maximum Gasteiger partial charge on any atom is 0.257 e. The molecule has 1 aliphatic rings. The Morgan fingerprint density at radius 3 is 2.50 bits per heavy atom. The fourth-order valence-electron chi connectivity index (χ4n) is 3.10. The summed E-state index contributed by atoms with van der Waals surface area (Å²) in [5.74, 6) is 1.63. The molecule has 0 aromatic carbocycles. The van der Waals surface area contributed by atoms with Gasteiger partial charge in [-0.1, -0.05) is 6.92 Å². The number of carbonyl (C=O) groups is 1. The number of hydrogen-bond acceptors (Lipinski definition) is 3. The number of amides is 1. The normalized spacial score (nSPS) is 22.8. The van der Waals surface area contributed by atoms with Crippen LogP contribution in [-0.2, 0) is 0 Å². The Labute approximate surface area is 121 Å². The van der Waals surface area contributed by atoms with Gasteiger partial charge in [0.1, 0.15) is 11.5 Å². The molecule has 20 heavy (non-hydrogen) atoms. The summed E-state index contributed by atoms with van der Waals surface area (Å²) >= 11 is 0. The molecule has 112 valence electrons. The summed E-state index contributed by atoms with van der Waals surface area (Å²) in [6, 6.07) is 2.49. The maximum absolute atomic E-state index is 12.8. The van der Waals surface area contributed by atoms with Gasteiger partial charge in [-0.2, -0.15) is 0 Å². The summed E-state index contributed by atoms with van der Waals surface area (Å²) in [6.07, 6.45) is 5.04. The number of hydrogen-bond donors (Lipinski definition) is 1. The van der Waals surface area contributed by atoms with Gasteiger partial charge in [0.15, 0.2) is 0 Å². The van der Waals surface area contributed by atoms with Crippen LogP contribution in [0, 0.1) is 13.8 Å². The van der Waals surface area contributed by atoms with E-state index in [1.807, 2.05) is 24.8 Å². The van der Waals surface area contributed by atoms with Gasteiger partial charge in [0, 0.05) is 18.6 Å². The van der Waals surface area contributed by atoms with Crippen molar-refractivity contribution in [2.45, 2.75) is 65.0 Å². The van der Waals surface area contributed by atoms with Crippen molar-refractivity contribution in [1.82, 2.24) is 4.90 Å². The molecule has 1 aliphatic carbocycles. The molecule has 0 atom stereocenters. The van der Waals surface area contributed by atoms with E-state index < -0.39 is 0 Å². The summed E-state index contributed by atoms with van der Waals surface area (Å²) in [4.78, 5) is 14.8. The predicted octanol–water partition coefficient (Wildman–Crippen LogP) is 3.02. The third kappa shape index (κ3) is 3.23. The van der Waals surface area contributed by atoms with Crippen molar-refractivity contribution in [3.63, 3.8) is 0 Å². The van der Waals surface area contributed by atoms with Gasteiger partial charge < -0.3 is 15.1 Å². The van der Waals surface area contributed by atoms with Crippen LogP contribution in [0.2, 0.25) is 0 Å². The molecule has 1 fully saturated rings. The first-order valence-electron chi connectivity index (χ1n) is 7.66. The Morgan fingerprint density at radius 1 is 1.35 bits per heavy atom. The van der Waals surface area contributed by atoms with E-state index in [1.54, 1.807) is 0 Å². The molecule has 1 heterocycles. The highest BCUT2D eigenvalue weighted by molar-refractivity contribution is 5.95. The summed E-state index contributed by atoms with van der Waals surface area (Å²) in [5.41, 5.74) is 6.68. The van der Waals surface area contributed by atoms with Crippen LogP contribution < -0.4 is 5.73 Å². The number of aryl methyl sites for hydroxylation is 2. The van der Waals surface area contributed by atoms with E-state index in [9.17, 15) is 4.79 Å². The molecule has 0 unspecified atom stereocenters. The minimum Gasteiger partial charge on any atom is -0.466 e. The average molecular weight is 278 g/mol. The number of nitrogens with two attached hydrogens (primary N) is 1. The van der Waals surface area contributed by atoms with Crippen LogP contribution in [0.5, 0.6) is 0 Å². The van der Waals surface area contributed by atoms with Gasteiger partial charge in [-0.15, -0.1) is 0 Å². The van der Waals surface area contributed by atoms with E-state index >= 15 is 0 Å². The number of carbonyl (C=O) groups excluding carboxylic acids is 1. The molecule has 0 bridgehead atoms. The topological polar surface area (TPSA) is 59.5 Å². The molecule has 0 saturated heterocycles. The highest BCUT2D eigenvalue weighted by atomic mass is 16.3. The standard InChI is InChI=1S/C16H26N2O2/c1-4-9-18(14-7-5-13(17)6-8-14)16(19)15-10-11(2)20-12(15)3/h10,13-14H,4-9,17H2,1-3H3. The second-order valence-corrected chi connectivity index (χ2v) is 5.89. The molecule has 1 saturated carbocycles. The number of rotatable bonds is 4. The summed E-state index contributed by atoms with van der Waals surface area (Å²) in [7, 11) is 0. The Kier molecular flexibility index (Phi) is 4.86. The number of nitrogens with zero attached hydrogens (tertiary/aromatic N) is 1. The molecule has 2 N–H and O–H groups in total. The van der Waals surface area contributed by atoms with Crippen molar-refractivity contribution in [1.29, 1.82) is 0 Å². The van der Waals surface area contributed by atoms with Crippen LogP contribution in [0.15, 0.2) is 10.5 Å². The van der Waals surface area contributed by atoms with Gasteiger partial charge in [-0.3, -0.25) is 4.79 Å². The SMILES string of the molecule is CCCN(C(=O)c1cc(C)oc1C)C1CCC(N)CC1. The van der Waals surface area contributed by atoms with Crippen LogP contribution in [0.1, 0.15) is 60.9 Å². The van der Waals surface area contributed by atoms with Gasteiger partial charge in [0.25, 0.3) is 5.91 Å². The lowest BCUT2D eigenvalue weighted by atomic mass is 9.90. The van der Waals surface area contributed by atoms with Crippen molar-refractivity contribution in [3.05, 3.63) is 23.2 Å². The smallest absolute Gasteiger partial charge is 0.257 e. The van der Waals surface area contributed by atoms with Crippen LogP contribution in [0.3, 0.4) is 0 Å². The molecule has 4 nitrogen and oxygen atoms in total. The van der Waals surface area contributed by atoms with Crippen molar-refractivity contribution in [3.8, 4) is 0 Å². The lowest BCUT2D eigenvalue weighted by molar-refractivity contribution is 0.0625. The summed E-state index contributed by atoms with van der Waals surface area (Å²) in [6.45, 7) is 6.67. The fraction of sp³-hybridized carbons (Fsp3) is 0.688.